The fraction of sp³-hybridized carbons (Fsp3) is 0.500. The number of hydrogen-bond acceptors (Lipinski definition) is 3. The molecule has 0 aromatic heterocycles. The van der Waals surface area contributed by atoms with Crippen LogP contribution < -0.4 is 0 Å². The van der Waals surface area contributed by atoms with Crippen molar-refractivity contribution < 1.29 is 23.1 Å². The van der Waals surface area contributed by atoms with Gasteiger partial charge < -0.3 is 10.0 Å². The summed E-state index contributed by atoms with van der Waals surface area (Å²) < 4.78 is 38.8. The molecule has 1 N–H and O–H groups in total. The van der Waals surface area contributed by atoms with E-state index in [1.807, 2.05) is 4.90 Å². The number of carbonyl (C=O) groups is 1. The summed E-state index contributed by atoms with van der Waals surface area (Å²) in [6.45, 7) is 2.39. The monoisotopic (exact) mass is 302 g/mol. The minimum atomic E-state index is -4.54. The first-order valence-electron chi connectivity index (χ1n) is 6.72. The van der Waals surface area contributed by atoms with Gasteiger partial charge >= 0.3 is 6.18 Å². The zero-order valence-corrected chi connectivity index (χ0v) is 11.4. The lowest BCUT2D eigenvalue weighted by atomic mass is 10.1. The molecule has 1 aliphatic heterocycles. The van der Waals surface area contributed by atoms with Gasteiger partial charge in [-0.1, -0.05) is 12.1 Å². The molecule has 0 atom stereocenters. The van der Waals surface area contributed by atoms with E-state index >= 15 is 0 Å². The number of benzene rings is 1. The highest BCUT2D eigenvalue weighted by Gasteiger charge is 2.36. The molecule has 0 saturated carbocycles. The van der Waals surface area contributed by atoms with Gasteiger partial charge in [-0.05, 0) is 12.1 Å². The number of rotatable bonds is 3. The standard InChI is InChI=1S/C14H17F3N2O2/c15-14(16,17)12-4-2-1-3-11(12)13(21)19-7-5-18(6-8-19)9-10-20/h1-4,20H,5-10H2. The number of piperazine rings is 1. The van der Waals surface area contributed by atoms with Crippen molar-refractivity contribution in [2.75, 3.05) is 39.3 Å². The molecule has 7 heteroatoms. The Hall–Kier alpha value is -1.60. The van der Waals surface area contributed by atoms with E-state index in [0.29, 0.717) is 32.7 Å². The van der Waals surface area contributed by atoms with E-state index in [-0.39, 0.29) is 12.2 Å². The number of aliphatic hydroxyl groups excluding tert-OH is 1. The molecule has 1 saturated heterocycles. The van der Waals surface area contributed by atoms with Crippen molar-refractivity contribution in [3.63, 3.8) is 0 Å². The largest absolute Gasteiger partial charge is 0.417 e. The maximum atomic E-state index is 12.9. The van der Waals surface area contributed by atoms with Crippen molar-refractivity contribution in [3.8, 4) is 0 Å². The SMILES string of the molecule is O=C(c1ccccc1C(F)(F)F)N1CCN(CCO)CC1. The molecule has 116 valence electrons. The van der Waals surface area contributed by atoms with Gasteiger partial charge in [0.15, 0.2) is 0 Å². The van der Waals surface area contributed by atoms with Gasteiger partial charge in [0.1, 0.15) is 0 Å². The molecule has 1 amide bonds. The number of carbonyl (C=O) groups excluding carboxylic acids is 1. The van der Waals surface area contributed by atoms with Crippen LogP contribution in [0.25, 0.3) is 0 Å². The Balaban J connectivity index is 2.12. The number of β-amino-alcohol motifs (C(OH)–C–C–N with tert-alkyl or cyclic N) is 1. The van der Waals surface area contributed by atoms with Crippen LogP contribution in [0.1, 0.15) is 15.9 Å². The molecule has 0 radical (unpaired) electrons. The number of halogens is 3. The summed E-state index contributed by atoms with van der Waals surface area (Å²) in [5.74, 6) is -0.591. The maximum absolute atomic E-state index is 12.9. The third-order valence-electron chi connectivity index (χ3n) is 3.54. The highest BCUT2D eigenvalue weighted by atomic mass is 19.4. The normalized spacial score (nSPS) is 17.0. The predicted octanol–water partition coefficient (Wildman–Crippen LogP) is 1.46. The molecule has 1 aromatic rings. The third kappa shape index (κ3) is 3.74. The van der Waals surface area contributed by atoms with Crippen LogP contribution in [0.4, 0.5) is 13.2 Å². The van der Waals surface area contributed by atoms with E-state index in [1.165, 1.54) is 23.1 Å². The molecule has 1 fully saturated rings. The van der Waals surface area contributed by atoms with Crippen LogP contribution in [0.2, 0.25) is 0 Å². The summed E-state index contributed by atoms with van der Waals surface area (Å²) in [6, 6.07) is 4.85. The second-order valence-corrected chi connectivity index (χ2v) is 4.90. The zero-order chi connectivity index (χ0) is 15.5. The Labute approximate surface area is 120 Å². The summed E-state index contributed by atoms with van der Waals surface area (Å²) >= 11 is 0. The highest BCUT2D eigenvalue weighted by Crippen LogP contribution is 2.32. The van der Waals surface area contributed by atoms with Gasteiger partial charge in [0, 0.05) is 32.7 Å². The van der Waals surface area contributed by atoms with Gasteiger partial charge in [-0.3, -0.25) is 9.69 Å². The summed E-state index contributed by atoms with van der Waals surface area (Å²) in [4.78, 5) is 15.7. The van der Waals surface area contributed by atoms with Crippen molar-refractivity contribution in [2.45, 2.75) is 6.18 Å². The smallest absolute Gasteiger partial charge is 0.395 e. The molecule has 2 rings (SSSR count). The Kier molecular flexibility index (Phi) is 4.84. The van der Waals surface area contributed by atoms with Crippen LogP contribution in [0.15, 0.2) is 24.3 Å². The molecular weight excluding hydrogens is 285 g/mol. The molecule has 21 heavy (non-hydrogen) atoms. The average molecular weight is 302 g/mol. The molecule has 0 bridgehead atoms. The summed E-state index contributed by atoms with van der Waals surface area (Å²) in [5.41, 5.74) is -1.20. The first-order valence-corrected chi connectivity index (χ1v) is 6.72. The summed E-state index contributed by atoms with van der Waals surface area (Å²) in [7, 11) is 0. The number of aliphatic hydroxyl groups is 1. The number of hydrogen-bond donors (Lipinski definition) is 1. The molecule has 1 aromatic carbocycles. The Morgan fingerprint density at radius 2 is 1.76 bits per heavy atom. The van der Waals surface area contributed by atoms with Gasteiger partial charge in [0.2, 0.25) is 0 Å². The minimum absolute atomic E-state index is 0.0326. The van der Waals surface area contributed by atoms with Gasteiger partial charge in [-0.2, -0.15) is 13.2 Å². The molecule has 1 heterocycles. The number of nitrogens with zero attached hydrogens (tertiary/aromatic N) is 2. The van der Waals surface area contributed by atoms with Crippen molar-refractivity contribution in [1.29, 1.82) is 0 Å². The predicted molar refractivity (Wildman–Crippen MR) is 70.9 cm³/mol. The number of alkyl halides is 3. The zero-order valence-electron chi connectivity index (χ0n) is 11.4. The molecule has 1 aliphatic rings. The third-order valence-corrected chi connectivity index (χ3v) is 3.54. The van der Waals surface area contributed by atoms with Crippen LogP contribution in [0.3, 0.4) is 0 Å². The lowest BCUT2D eigenvalue weighted by molar-refractivity contribution is -0.138. The van der Waals surface area contributed by atoms with E-state index in [0.717, 1.165) is 6.07 Å². The van der Waals surface area contributed by atoms with Crippen LogP contribution >= 0.6 is 0 Å². The van der Waals surface area contributed by atoms with Gasteiger partial charge in [-0.15, -0.1) is 0 Å². The van der Waals surface area contributed by atoms with Crippen LogP contribution in [-0.4, -0.2) is 60.1 Å². The van der Waals surface area contributed by atoms with Crippen LogP contribution in [0, 0.1) is 0 Å². The molecule has 4 nitrogen and oxygen atoms in total. The Bertz CT molecular complexity index is 497. The summed E-state index contributed by atoms with van der Waals surface area (Å²) in [5, 5.41) is 8.85. The molecular formula is C14H17F3N2O2. The quantitative estimate of drug-likeness (QED) is 0.919. The first-order chi connectivity index (χ1) is 9.93. The van der Waals surface area contributed by atoms with E-state index in [9.17, 15) is 18.0 Å². The van der Waals surface area contributed by atoms with Gasteiger partial charge in [0.25, 0.3) is 5.91 Å². The summed E-state index contributed by atoms with van der Waals surface area (Å²) in [6.07, 6.45) is -4.54. The van der Waals surface area contributed by atoms with E-state index in [1.54, 1.807) is 0 Å². The molecule has 0 spiro atoms. The lowest BCUT2D eigenvalue weighted by Crippen LogP contribution is -2.49. The van der Waals surface area contributed by atoms with Crippen molar-refractivity contribution in [3.05, 3.63) is 35.4 Å². The maximum Gasteiger partial charge on any atom is 0.417 e. The topological polar surface area (TPSA) is 43.8 Å². The molecule has 0 unspecified atom stereocenters. The average Bonchev–Trinajstić information content (AvgIpc) is 2.47. The highest BCUT2D eigenvalue weighted by molar-refractivity contribution is 5.96. The molecule has 0 aliphatic carbocycles. The van der Waals surface area contributed by atoms with E-state index in [2.05, 4.69) is 0 Å². The van der Waals surface area contributed by atoms with E-state index in [4.69, 9.17) is 5.11 Å². The van der Waals surface area contributed by atoms with E-state index < -0.39 is 17.6 Å². The lowest BCUT2D eigenvalue weighted by Gasteiger charge is -2.34. The number of amides is 1. The Morgan fingerprint density at radius 3 is 2.33 bits per heavy atom. The van der Waals surface area contributed by atoms with Crippen molar-refractivity contribution in [2.24, 2.45) is 0 Å². The van der Waals surface area contributed by atoms with Gasteiger partial charge in [0.05, 0.1) is 17.7 Å². The minimum Gasteiger partial charge on any atom is -0.395 e. The van der Waals surface area contributed by atoms with Crippen molar-refractivity contribution >= 4 is 5.91 Å². The van der Waals surface area contributed by atoms with Crippen molar-refractivity contribution in [1.82, 2.24) is 9.80 Å². The van der Waals surface area contributed by atoms with Crippen LogP contribution in [0.5, 0.6) is 0 Å². The second-order valence-electron chi connectivity index (χ2n) is 4.90. The van der Waals surface area contributed by atoms with Gasteiger partial charge in [-0.25, -0.2) is 0 Å². The first kappa shape index (κ1) is 15.8. The Morgan fingerprint density at radius 1 is 1.14 bits per heavy atom. The fourth-order valence-corrected chi connectivity index (χ4v) is 2.40. The van der Waals surface area contributed by atoms with Crippen LogP contribution in [-0.2, 0) is 6.18 Å². The fourth-order valence-electron chi connectivity index (χ4n) is 2.40. The second kappa shape index (κ2) is 6.44.